The van der Waals surface area contributed by atoms with Crippen molar-refractivity contribution in [3.63, 3.8) is 0 Å². The van der Waals surface area contributed by atoms with Crippen LogP contribution in [0.15, 0.2) is 35.9 Å². The van der Waals surface area contributed by atoms with Crippen LogP contribution in [0.2, 0.25) is 0 Å². The van der Waals surface area contributed by atoms with E-state index in [9.17, 15) is 8.42 Å². The Morgan fingerprint density at radius 2 is 2.05 bits per heavy atom. The van der Waals surface area contributed by atoms with Crippen molar-refractivity contribution in [2.24, 2.45) is 5.73 Å². The maximum Gasteiger partial charge on any atom is 0.218 e. The molecule has 104 valence electrons. The van der Waals surface area contributed by atoms with Crippen LogP contribution in [0.5, 0.6) is 0 Å². The van der Waals surface area contributed by atoms with Crippen LogP contribution in [0.1, 0.15) is 24.5 Å². The van der Waals surface area contributed by atoms with Gasteiger partial charge in [0.05, 0.1) is 5.75 Å². The van der Waals surface area contributed by atoms with Crippen LogP contribution in [-0.2, 0) is 22.3 Å². The summed E-state index contributed by atoms with van der Waals surface area (Å²) in [5, 5.41) is 0. The molecule has 1 heterocycles. The highest BCUT2D eigenvalue weighted by molar-refractivity contribution is 7.88. The second-order valence-electron chi connectivity index (χ2n) is 4.95. The molecule has 0 saturated heterocycles. The van der Waals surface area contributed by atoms with Gasteiger partial charge in [-0.15, -0.1) is 0 Å². The van der Waals surface area contributed by atoms with Gasteiger partial charge in [-0.3, -0.25) is 0 Å². The molecule has 0 aromatic heterocycles. The Labute approximate surface area is 115 Å². The van der Waals surface area contributed by atoms with Gasteiger partial charge in [0.15, 0.2) is 0 Å². The second-order valence-corrected chi connectivity index (χ2v) is 6.92. The fourth-order valence-corrected chi connectivity index (χ4v) is 3.83. The zero-order valence-electron chi connectivity index (χ0n) is 11.2. The average Bonchev–Trinajstić information content (AvgIpc) is 2.38. The minimum atomic E-state index is -3.24. The number of hydrogen-bond donors (Lipinski definition) is 1. The molecule has 2 rings (SSSR count). The molecule has 0 radical (unpaired) electrons. The van der Waals surface area contributed by atoms with Gasteiger partial charge in [0.25, 0.3) is 0 Å². The van der Waals surface area contributed by atoms with E-state index < -0.39 is 10.0 Å². The van der Waals surface area contributed by atoms with E-state index in [-0.39, 0.29) is 5.75 Å². The van der Waals surface area contributed by atoms with Crippen molar-refractivity contribution in [1.82, 2.24) is 4.31 Å². The second kappa shape index (κ2) is 5.86. The highest BCUT2D eigenvalue weighted by atomic mass is 32.2. The lowest BCUT2D eigenvalue weighted by atomic mass is 10.1. The topological polar surface area (TPSA) is 63.4 Å². The minimum absolute atomic E-state index is 0.0497. The van der Waals surface area contributed by atoms with E-state index in [1.165, 1.54) is 0 Å². The Balaban J connectivity index is 2.14. The fraction of sp³-hybridized carbons (Fsp3) is 0.429. The zero-order valence-corrected chi connectivity index (χ0v) is 12.0. The van der Waals surface area contributed by atoms with E-state index in [1.807, 2.05) is 31.2 Å². The van der Waals surface area contributed by atoms with E-state index in [1.54, 1.807) is 4.31 Å². The first-order chi connectivity index (χ1) is 9.01. The summed E-state index contributed by atoms with van der Waals surface area (Å²) in [5.41, 5.74) is 8.45. The summed E-state index contributed by atoms with van der Waals surface area (Å²) in [6.45, 7) is 3.49. The smallest absolute Gasteiger partial charge is 0.218 e. The number of rotatable bonds is 4. The van der Waals surface area contributed by atoms with Gasteiger partial charge >= 0.3 is 0 Å². The van der Waals surface area contributed by atoms with Gasteiger partial charge in [-0.1, -0.05) is 35.9 Å². The number of nitrogens with two attached hydrogens (primary N) is 1. The number of benzene rings is 1. The van der Waals surface area contributed by atoms with Crippen molar-refractivity contribution in [3.8, 4) is 0 Å². The summed E-state index contributed by atoms with van der Waals surface area (Å²) < 4.78 is 26.3. The van der Waals surface area contributed by atoms with E-state index in [0.717, 1.165) is 23.1 Å². The standard InChI is InChI=1S/C14H20N2O2S/c1-12-4-3-7-16(10-12)19(17,18)11-14-6-2-5-13(8-14)9-15/h2,4-6,8H,3,7,9-11,15H2,1H3. The molecular formula is C14H20N2O2S. The van der Waals surface area contributed by atoms with Crippen molar-refractivity contribution in [1.29, 1.82) is 0 Å². The monoisotopic (exact) mass is 280 g/mol. The van der Waals surface area contributed by atoms with Crippen LogP contribution < -0.4 is 5.73 Å². The predicted octanol–water partition coefficient (Wildman–Crippen LogP) is 1.63. The summed E-state index contributed by atoms with van der Waals surface area (Å²) in [6, 6.07) is 7.46. The molecule has 1 aliphatic rings. The quantitative estimate of drug-likeness (QED) is 0.853. The molecule has 5 heteroatoms. The van der Waals surface area contributed by atoms with E-state index >= 15 is 0 Å². The summed E-state index contributed by atoms with van der Waals surface area (Å²) in [7, 11) is -3.24. The van der Waals surface area contributed by atoms with E-state index in [0.29, 0.717) is 19.6 Å². The SMILES string of the molecule is CC1=CCCN(S(=O)(=O)Cc2cccc(CN)c2)C1. The summed E-state index contributed by atoms with van der Waals surface area (Å²) in [5.74, 6) is 0.0497. The van der Waals surface area contributed by atoms with Crippen LogP contribution >= 0.6 is 0 Å². The Bertz CT molecular complexity index is 579. The highest BCUT2D eigenvalue weighted by Crippen LogP contribution is 2.17. The Morgan fingerprint density at radius 3 is 2.74 bits per heavy atom. The largest absolute Gasteiger partial charge is 0.326 e. The molecule has 4 nitrogen and oxygen atoms in total. The number of nitrogens with zero attached hydrogens (tertiary/aromatic N) is 1. The lowest BCUT2D eigenvalue weighted by Gasteiger charge is -2.25. The van der Waals surface area contributed by atoms with Crippen LogP contribution in [0.3, 0.4) is 0 Å². The number of hydrogen-bond acceptors (Lipinski definition) is 3. The fourth-order valence-electron chi connectivity index (χ4n) is 2.26. The first-order valence-corrected chi connectivity index (χ1v) is 8.03. The molecule has 0 amide bonds. The molecule has 0 saturated carbocycles. The molecular weight excluding hydrogens is 260 g/mol. The van der Waals surface area contributed by atoms with Gasteiger partial charge in [0.1, 0.15) is 0 Å². The molecule has 1 aromatic rings. The van der Waals surface area contributed by atoms with E-state index in [2.05, 4.69) is 6.08 Å². The molecule has 0 aliphatic carbocycles. The minimum Gasteiger partial charge on any atom is -0.326 e. The van der Waals surface area contributed by atoms with Crippen LogP contribution in [-0.4, -0.2) is 25.8 Å². The lowest BCUT2D eigenvalue weighted by molar-refractivity contribution is 0.427. The molecule has 1 aromatic carbocycles. The summed E-state index contributed by atoms with van der Waals surface area (Å²) >= 11 is 0. The van der Waals surface area contributed by atoms with Crippen molar-refractivity contribution in [3.05, 3.63) is 47.0 Å². The first kappa shape index (κ1) is 14.2. The molecule has 0 atom stereocenters. The molecule has 0 spiro atoms. The summed E-state index contributed by atoms with van der Waals surface area (Å²) in [6.07, 6.45) is 2.90. The average molecular weight is 280 g/mol. The van der Waals surface area contributed by atoms with Crippen molar-refractivity contribution in [2.45, 2.75) is 25.6 Å². The van der Waals surface area contributed by atoms with Crippen LogP contribution in [0.25, 0.3) is 0 Å². The van der Waals surface area contributed by atoms with Gasteiger partial charge in [-0.05, 0) is 24.5 Å². The zero-order chi connectivity index (χ0) is 13.9. The van der Waals surface area contributed by atoms with Gasteiger partial charge in [-0.2, -0.15) is 4.31 Å². The van der Waals surface area contributed by atoms with Crippen molar-refractivity contribution < 1.29 is 8.42 Å². The molecule has 1 aliphatic heterocycles. The normalized spacial score (nSPS) is 17.3. The third kappa shape index (κ3) is 3.65. The van der Waals surface area contributed by atoms with Gasteiger partial charge in [0.2, 0.25) is 10.0 Å². The summed E-state index contributed by atoms with van der Waals surface area (Å²) in [4.78, 5) is 0. The van der Waals surface area contributed by atoms with Crippen LogP contribution in [0, 0.1) is 0 Å². The molecule has 0 bridgehead atoms. The van der Waals surface area contributed by atoms with Gasteiger partial charge < -0.3 is 5.73 Å². The Morgan fingerprint density at radius 1 is 1.32 bits per heavy atom. The highest BCUT2D eigenvalue weighted by Gasteiger charge is 2.24. The lowest BCUT2D eigenvalue weighted by Crippen LogP contribution is -2.36. The van der Waals surface area contributed by atoms with Gasteiger partial charge in [0, 0.05) is 19.6 Å². The van der Waals surface area contributed by atoms with Gasteiger partial charge in [-0.25, -0.2) is 8.42 Å². The first-order valence-electron chi connectivity index (χ1n) is 6.42. The van der Waals surface area contributed by atoms with E-state index in [4.69, 9.17) is 5.73 Å². The Hall–Kier alpha value is -1.17. The van der Waals surface area contributed by atoms with Crippen LogP contribution in [0.4, 0.5) is 0 Å². The Kier molecular flexibility index (Phi) is 4.39. The molecule has 2 N–H and O–H groups in total. The van der Waals surface area contributed by atoms with Crippen molar-refractivity contribution in [2.75, 3.05) is 13.1 Å². The molecule has 0 fully saturated rings. The third-order valence-corrected chi connectivity index (χ3v) is 5.06. The molecule has 19 heavy (non-hydrogen) atoms. The predicted molar refractivity (Wildman–Crippen MR) is 76.9 cm³/mol. The number of sulfonamides is 1. The third-order valence-electron chi connectivity index (χ3n) is 3.27. The maximum atomic E-state index is 12.4. The molecule has 0 unspecified atom stereocenters. The maximum absolute atomic E-state index is 12.4. The van der Waals surface area contributed by atoms with Crippen molar-refractivity contribution >= 4 is 10.0 Å².